The Kier molecular flexibility index (Phi) is 4.05. The lowest BCUT2D eigenvalue weighted by Gasteiger charge is -2.10. The van der Waals surface area contributed by atoms with E-state index < -0.39 is 0 Å². The van der Waals surface area contributed by atoms with Crippen molar-refractivity contribution in [2.75, 3.05) is 18.4 Å². The minimum absolute atomic E-state index is 0.0605. The van der Waals surface area contributed by atoms with Crippen LogP contribution in [0.25, 0.3) is 0 Å². The van der Waals surface area contributed by atoms with Gasteiger partial charge < -0.3 is 10.6 Å². The molecule has 1 amide bonds. The summed E-state index contributed by atoms with van der Waals surface area (Å²) in [5, 5.41) is 6.07. The van der Waals surface area contributed by atoms with Crippen molar-refractivity contribution < 1.29 is 4.79 Å². The lowest BCUT2D eigenvalue weighted by atomic mass is 10.2. The first-order valence-corrected chi connectivity index (χ1v) is 6.72. The highest BCUT2D eigenvalue weighted by molar-refractivity contribution is 9.10. The second-order valence-corrected chi connectivity index (χ2v) is 5.33. The van der Waals surface area contributed by atoms with Crippen molar-refractivity contribution in [3.8, 4) is 0 Å². The van der Waals surface area contributed by atoms with E-state index in [1.54, 1.807) is 0 Å². The zero-order valence-electron chi connectivity index (χ0n) is 9.92. The van der Waals surface area contributed by atoms with E-state index in [9.17, 15) is 4.79 Å². The summed E-state index contributed by atoms with van der Waals surface area (Å²) in [5.41, 5.74) is 2.12. The molecule has 0 aromatic heterocycles. The molecular formula is C13H17BrN2O. The summed E-state index contributed by atoms with van der Waals surface area (Å²) in [6.07, 6.45) is 2.52. The van der Waals surface area contributed by atoms with Crippen LogP contribution in [-0.2, 0) is 4.79 Å². The maximum absolute atomic E-state index is 11.6. The third-order valence-corrected chi connectivity index (χ3v) is 3.97. The van der Waals surface area contributed by atoms with Crippen LogP contribution in [0.1, 0.15) is 18.4 Å². The molecule has 4 heteroatoms. The molecule has 2 rings (SSSR count). The van der Waals surface area contributed by atoms with Crippen LogP contribution < -0.4 is 10.6 Å². The van der Waals surface area contributed by atoms with Gasteiger partial charge >= 0.3 is 0 Å². The zero-order valence-corrected chi connectivity index (χ0v) is 11.5. The molecule has 0 spiro atoms. The molecule has 3 nitrogen and oxygen atoms in total. The number of amides is 1. The van der Waals surface area contributed by atoms with Gasteiger partial charge in [-0.2, -0.15) is 0 Å². The highest BCUT2D eigenvalue weighted by Gasteiger charge is 2.21. The maximum atomic E-state index is 11.6. The molecule has 1 aromatic carbocycles. The van der Waals surface area contributed by atoms with Crippen LogP contribution in [0.4, 0.5) is 5.69 Å². The maximum Gasteiger partial charge on any atom is 0.239 e. The Hall–Kier alpha value is -1.03. The Morgan fingerprint density at radius 2 is 2.24 bits per heavy atom. The molecule has 0 radical (unpaired) electrons. The first kappa shape index (κ1) is 12.4. The van der Waals surface area contributed by atoms with Crippen LogP contribution in [0.5, 0.6) is 0 Å². The van der Waals surface area contributed by atoms with Gasteiger partial charge in [0.15, 0.2) is 0 Å². The van der Waals surface area contributed by atoms with Gasteiger partial charge in [-0.15, -0.1) is 0 Å². The summed E-state index contributed by atoms with van der Waals surface area (Å²) < 4.78 is 1.02. The number of hydrogen-bond acceptors (Lipinski definition) is 2. The van der Waals surface area contributed by atoms with Gasteiger partial charge in [0, 0.05) is 16.7 Å². The summed E-state index contributed by atoms with van der Waals surface area (Å²) >= 11 is 3.51. The fraction of sp³-hybridized carbons (Fsp3) is 0.462. The summed E-state index contributed by atoms with van der Waals surface area (Å²) in [6.45, 7) is 3.19. The average molecular weight is 297 g/mol. The fourth-order valence-corrected chi connectivity index (χ4v) is 2.01. The minimum Gasteiger partial charge on any atom is -0.375 e. The molecule has 1 aliphatic carbocycles. The summed E-state index contributed by atoms with van der Waals surface area (Å²) in [6, 6.07) is 5.97. The number of hydrogen-bond donors (Lipinski definition) is 2. The highest BCUT2D eigenvalue weighted by Crippen LogP contribution is 2.27. The molecule has 17 heavy (non-hydrogen) atoms. The van der Waals surface area contributed by atoms with Crippen LogP contribution in [0.2, 0.25) is 0 Å². The van der Waals surface area contributed by atoms with Crippen molar-refractivity contribution >= 4 is 27.5 Å². The highest BCUT2D eigenvalue weighted by atomic mass is 79.9. The van der Waals surface area contributed by atoms with Gasteiger partial charge in [0.25, 0.3) is 0 Å². The van der Waals surface area contributed by atoms with Crippen molar-refractivity contribution in [2.45, 2.75) is 19.8 Å². The van der Waals surface area contributed by atoms with Gasteiger partial charge in [-0.25, -0.2) is 0 Å². The monoisotopic (exact) mass is 296 g/mol. The largest absolute Gasteiger partial charge is 0.375 e. The van der Waals surface area contributed by atoms with E-state index in [-0.39, 0.29) is 5.91 Å². The van der Waals surface area contributed by atoms with E-state index in [1.165, 1.54) is 12.8 Å². The predicted molar refractivity (Wildman–Crippen MR) is 73.1 cm³/mol. The lowest BCUT2D eigenvalue weighted by Crippen LogP contribution is -2.31. The van der Waals surface area contributed by atoms with Gasteiger partial charge in [-0.05, 0) is 53.2 Å². The molecule has 0 atom stereocenters. The van der Waals surface area contributed by atoms with E-state index in [0.717, 1.165) is 28.2 Å². The number of nitrogens with one attached hydrogen (secondary N) is 2. The van der Waals surface area contributed by atoms with Crippen molar-refractivity contribution in [3.63, 3.8) is 0 Å². The molecule has 0 bridgehead atoms. The predicted octanol–water partition coefficient (Wildman–Crippen LogP) is 2.70. The Bertz CT molecular complexity index is 416. The van der Waals surface area contributed by atoms with Gasteiger partial charge in [-0.1, -0.05) is 12.1 Å². The normalized spacial score (nSPS) is 14.5. The molecular weight excluding hydrogens is 280 g/mol. The minimum atomic E-state index is 0.0605. The van der Waals surface area contributed by atoms with Crippen molar-refractivity contribution in [1.29, 1.82) is 0 Å². The molecule has 2 N–H and O–H groups in total. The number of anilines is 1. The van der Waals surface area contributed by atoms with E-state index in [0.29, 0.717) is 6.54 Å². The fourth-order valence-electron chi connectivity index (χ4n) is 1.60. The molecule has 1 saturated carbocycles. The first-order chi connectivity index (χ1) is 8.16. The number of aryl methyl sites for hydroxylation is 1. The Labute approximate surface area is 110 Å². The number of carbonyl (C=O) groups excluding carboxylic acids is 1. The molecule has 0 heterocycles. The van der Waals surface area contributed by atoms with Crippen LogP contribution in [0, 0.1) is 12.8 Å². The van der Waals surface area contributed by atoms with Gasteiger partial charge in [0.2, 0.25) is 5.91 Å². The van der Waals surface area contributed by atoms with E-state index in [2.05, 4.69) is 26.6 Å². The number of benzene rings is 1. The molecule has 1 fully saturated rings. The SMILES string of the molecule is Cc1cccc(NCC(=O)NCC2CC2)c1Br. The topological polar surface area (TPSA) is 41.1 Å². The van der Waals surface area contributed by atoms with Crippen LogP contribution >= 0.6 is 15.9 Å². The zero-order chi connectivity index (χ0) is 12.3. The Morgan fingerprint density at radius 3 is 2.94 bits per heavy atom. The van der Waals surface area contributed by atoms with Crippen LogP contribution in [-0.4, -0.2) is 19.0 Å². The summed E-state index contributed by atoms with van der Waals surface area (Å²) in [7, 11) is 0. The van der Waals surface area contributed by atoms with E-state index >= 15 is 0 Å². The number of halogens is 1. The third-order valence-electron chi connectivity index (χ3n) is 2.92. The Balaban J connectivity index is 1.79. The Morgan fingerprint density at radius 1 is 1.47 bits per heavy atom. The molecule has 92 valence electrons. The molecule has 0 unspecified atom stereocenters. The van der Waals surface area contributed by atoms with E-state index in [1.807, 2.05) is 25.1 Å². The lowest BCUT2D eigenvalue weighted by molar-refractivity contribution is -0.119. The van der Waals surface area contributed by atoms with Crippen molar-refractivity contribution in [1.82, 2.24) is 5.32 Å². The standard InChI is InChI=1S/C13H17BrN2O/c1-9-3-2-4-11(13(9)14)15-8-12(17)16-7-10-5-6-10/h2-4,10,15H,5-8H2,1H3,(H,16,17). The first-order valence-electron chi connectivity index (χ1n) is 5.92. The molecule has 0 aliphatic heterocycles. The van der Waals surface area contributed by atoms with Gasteiger partial charge in [0.1, 0.15) is 0 Å². The van der Waals surface area contributed by atoms with Crippen LogP contribution in [0.3, 0.4) is 0 Å². The van der Waals surface area contributed by atoms with Gasteiger partial charge in [0.05, 0.1) is 6.54 Å². The van der Waals surface area contributed by atoms with Crippen molar-refractivity contribution in [2.24, 2.45) is 5.92 Å². The number of rotatable bonds is 5. The third kappa shape index (κ3) is 3.73. The van der Waals surface area contributed by atoms with Crippen LogP contribution in [0.15, 0.2) is 22.7 Å². The number of carbonyl (C=O) groups is 1. The second kappa shape index (κ2) is 5.54. The summed E-state index contributed by atoms with van der Waals surface area (Å²) in [5.74, 6) is 0.787. The quantitative estimate of drug-likeness (QED) is 0.877. The van der Waals surface area contributed by atoms with E-state index in [4.69, 9.17) is 0 Å². The summed E-state index contributed by atoms with van der Waals surface area (Å²) in [4.78, 5) is 11.6. The van der Waals surface area contributed by atoms with Gasteiger partial charge in [-0.3, -0.25) is 4.79 Å². The average Bonchev–Trinajstić information content (AvgIpc) is 3.12. The smallest absolute Gasteiger partial charge is 0.239 e. The van der Waals surface area contributed by atoms with Crippen molar-refractivity contribution in [3.05, 3.63) is 28.2 Å². The second-order valence-electron chi connectivity index (χ2n) is 4.54. The molecule has 1 aromatic rings. The molecule has 0 saturated heterocycles. The molecule has 1 aliphatic rings.